The van der Waals surface area contributed by atoms with E-state index in [0.29, 0.717) is 6.04 Å². The standard InChI is InChI=1S/C12H20BrN3O/c1-15-5-3-6-16(2)10(8-15)11(14)12-9(13)4-7-17-12/h4,7,10-11H,3,5-6,8,14H2,1-2H3. The van der Waals surface area contributed by atoms with E-state index in [-0.39, 0.29) is 6.04 Å². The highest BCUT2D eigenvalue weighted by atomic mass is 79.9. The van der Waals surface area contributed by atoms with Gasteiger partial charge in [0.25, 0.3) is 0 Å². The molecule has 1 aliphatic heterocycles. The van der Waals surface area contributed by atoms with Crippen molar-refractivity contribution in [2.24, 2.45) is 5.73 Å². The summed E-state index contributed by atoms with van der Waals surface area (Å²) in [6.07, 6.45) is 2.87. The van der Waals surface area contributed by atoms with Crippen LogP contribution in [0.3, 0.4) is 0 Å². The van der Waals surface area contributed by atoms with E-state index < -0.39 is 0 Å². The topological polar surface area (TPSA) is 45.6 Å². The second-order valence-electron chi connectivity index (χ2n) is 4.82. The number of likely N-dealkylation sites (N-methyl/N-ethyl adjacent to an activating group) is 2. The summed E-state index contributed by atoms with van der Waals surface area (Å²) < 4.78 is 6.45. The summed E-state index contributed by atoms with van der Waals surface area (Å²) in [5.74, 6) is 0.845. The summed E-state index contributed by atoms with van der Waals surface area (Å²) in [5.41, 5.74) is 6.35. The molecule has 0 radical (unpaired) electrons. The van der Waals surface area contributed by atoms with Crippen molar-refractivity contribution >= 4 is 15.9 Å². The molecule has 2 heterocycles. The van der Waals surface area contributed by atoms with Gasteiger partial charge in [0.05, 0.1) is 16.8 Å². The van der Waals surface area contributed by atoms with Gasteiger partial charge in [0.2, 0.25) is 0 Å². The summed E-state index contributed by atoms with van der Waals surface area (Å²) in [6, 6.07) is 2.10. The number of hydrogen-bond acceptors (Lipinski definition) is 4. The average molecular weight is 302 g/mol. The van der Waals surface area contributed by atoms with Crippen molar-refractivity contribution in [3.05, 3.63) is 22.6 Å². The Morgan fingerprint density at radius 1 is 1.47 bits per heavy atom. The molecule has 1 aliphatic rings. The van der Waals surface area contributed by atoms with Crippen LogP contribution in [-0.2, 0) is 0 Å². The third-order valence-electron chi connectivity index (χ3n) is 3.48. The maximum absolute atomic E-state index is 6.35. The second-order valence-corrected chi connectivity index (χ2v) is 5.68. The molecule has 4 nitrogen and oxygen atoms in total. The Labute approximate surface area is 111 Å². The SMILES string of the molecule is CN1CCCN(C)C(C(N)c2occc2Br)C1. The summed E-state index contributed by atoms with van der Waals surface area (Å²) in [7, 11) is 4.29. The molecule has 1 aromatic heterocycles. The minimum absolute atomic E-state index is 0.0927. The smallest absolute Gasteiger partial charge is 0.136 e. The lowest BCUT2D eigenvalue weighted by Gasteiger charge is -2.31. The Morgan fingerprint density at radius 2 is 2.24 bits per heavy atom. The van der Waals surface area contributed by atoms with Gasteiger partial charge in [-0.15, -0.1) is 0 Å². The maximum atomic E-state index is 6.35. The van der Waals surface area contributed by atoms with Crippen LogP contribution < -0.4 is 5.73 Å². The first-order valence-corrected chi connectivity index (χ1v) is 6.76. The summed E-state index contributed by atoms with van der Waals surface area (Å²) in [6.45, 7) is 3.19. The minimum atomic E-state index is -0.0927. The summed E-state index contributed by atoms with van der Waals surface area (Å²) in [5, 5.41) is 0. The van der Waals surface area contributed by atoms with Gasteiger partial charge in [-0.05, 0) is 55.6 Å². The first-order valence-electron chi connectivity index (χ1n) is 5.97. The third kappa shape index (κ3) is 2.91. The number of furan rings is 1. The molecule has 1 fully saturated rings. The predicted molar refractivity (Wildman–Crippen MR) is 71.9 cm³/mol. The van der Waals surface area contributed by atoms with Gasteiger partial charge in [-0.2, -0.15) is 0 Å². The molecule has 17 heavy (non-hydrogen) atoms. The number of hydrogen-bond donors (Lipinski definition) is 1. The molecule has 2 atom stereocenters. The fraction of sp³-hybridized carbons (Fsp3) is 0.667. The molecule has 0 bridgehead atoms. The summed E-state index contributed by atoms with van der Waals surface area (Å²) in [4.78, 5) is 4.67. The van der Waals surface area contributed by atoms with Crippen LogP contribution in [0, 0.1) is 0 Å². The molecule has 1 aromatic rings. The van der Waals surface area contributed by atoms with E-state index in [1.807, 2.05) is 6.07 Å². The molecule has 1 saturated heterocycles. The molecular weight excluding hydrogens is 282 g/mol. The van der Waals surface area contributed by atoms with Crippen LogP contribution in [0.1, 0.15) is 18.2 Å². The molecule has 2 N–H and O–H groups in total. The average Bonchev–Trinajstić information content (AvgIpc) is 2.63. The number of nitrogens with two attached hydrogens (primary N) is 1. The highest BCUT2D eigenvalue weighted by Gasteiger charge is 2.29. The quantitative estimate of drug-likeness (QED) is 0.903. The van der Waals surface area contributed by atoms with Crippen LogP contribution in [0.25, 0.3) is 0 Å². The Hall–Kier alpha value is -0.360. The van der Waals surface area contributed by atoms with Crippen LogP contribution in [-0.4, -0.2) is 49.6 Å². The molecular formula is C12H20BrN3O. The second kappa shape index (κ2) is 5.52. The highest BCUT2D eigenvalue weighted by molar-refractivity contribution is 9.10. The summed E-state index contributed by atoms with van der Waals surface area (Å²) >= 11 is 3.48. The molecule has 0 aromatic carbocycles. The Bertz CT molecular complexity index is 368. The maximum Gasteiger partial charge on any atom is 0.136 e. The van der Waals surface area contributed by atoms with E-state index in [1.165, 1.54) is 6.42 Å². The van der Waals surface area contributed by atoms with Gasteiger partial charge in [0.15, 0.2) is 0 Å². The Kier molecular flexibility index (Phi) is 4.25. The van der Waals surface area contributed by atoms with Gasteiger partial charge in [-0.3, -0.25) is 0 Å². The number of nitrogens with zero attached hydrogens (tertiary/aromatic N) is 2. The van der Waals surface area contributed by atoms with Crippen LogP contribution in [0.2, 0.25) is 0 Å². The monoisotopic (exact) mass is 301 g/mol. The lowest BCUT2D eigenvalue weighted by atomic mass is 10.1. The van der Waals surface area contributed by atoms with Crippen LogP contribution in [0.4, 0.5) is 0 Å². The van der Waals surface area contributed by atoms with Gasteiger partial charge in [-0.1, -0.05) is 0 Å². The van der Waals surface area contributed by atoms with Crippen molar-refractivity contribution in [2.45, 2.75) is 18.5 Å². The molecule has 5 heteroatoms. The molecule has 2 rings (SSSR count). The number of halogens is 1. The van der Waals surface area contributed by atoms with E-state index in [9.17, 15) is 0 Å². The van der Waals surface area contributed by atoms with Gasteiger partial charge in [0.1, 0.15) is 5.76 Å². The van der Waals surface area contributed by atoms with Crippen LogP contribution in [0.5, 0.6) is 0 Å². The van der Waals surface area contributed by atoms with Crippen LogP contribution >= 0.6 is 15.9 Å². The van der Waals surface area contributed by atoms with Gasteiger partial charge >= 0.3 is 0 Å². The highest BCUT2D eigenvalue weighted by Crippen LogP contribution is 2.28. The van der Waals surface area contributed by atoms with E-state index in [2.05, 4.69) is 39.8 Å². The normalized spacial score (nSPS) is 25.8. The number of rotatable bonds is 2. The van der Waals surface area contributed by atoms with Gasteiger partial charge in [-0.25, -0.2) is 0 Å². The van der Waals surface area contributed by atoms with E-state index in [1.54, 1.807) is 6.26 Å². The molecule has 96 valence electrons. The van der Waals surface area contributed by atoms with Gasteiger partial charge < -0.3 is 20.0 Å². The minimum Gasteiger partial charge on any atom is -0.466 e. The lowest BCUT2D eigenvalue weighted by molar-refractivity contribution is 0.185. The molecule has 0 spiro atoms. The Morgan fingerprint density at radius 3 is 2.88 bits per heavy atom. The van der Waals surface area contributed by atoms with E-state index >= 15 is 0 Å². The van der Waals surface area contributed by atoms with Crippen LogP contribution in [0.15, 0.2) is 21.2 Å². The zero-order valence-electron chi connectivity index (χ0n) is 10.4. The Balaban J connectivity index is 2.16. The first kappa shape index (κ1) is 13.1. The zero-order chi connectivity index (χ0) is 12.4. The van der Waals surface area contributed by atoms with Crippen molar-refractivity contribution in [2.75, 3.05) is 33.7 Å². The van der Waals surface area contributed by atoms with Crippen molar-refractivity contribution in [3.63, 3.8) is 0 Å². The van der Waals surface area contributed by atoms with Crippen molar-refractivity contribution in [1.82, 2.24) is 9.80 Å². The van der Waals surface area contributed by atoms with E-state index in [0.717, 1.165) is 29.9 Å². The zero-order valence-corrected chi connectivity index (χ0v) is 12.0. The van der Waals surface area contributed by atoms with Crippen molar-refractivity contribution in [1.29, 1.82) is 0 Å². The molecule has 2 unspecified atom stereocenters. The molecule has 0 saturated carbocycles. The van der Waals surface area contributed by atoms with E-state index in [4.69, 9.17) is 10.2 Å². The van der Waals surface area contributed by atoms with Crippen molar-refractivity contribution in [3.8, 4) is 0 Å². The first-order chi connectivity index (χ1) is 8.09. The lowest BCUT2D eigenvalue weighted by Crippen LogP contribution is -2.45. The van der Waals surface area contributed by atoms with Gasteiger partial charge in [0, 0.05) is 12.6 Å². The molecule has 0 amide bonds. The third-order valence-corrected chi connectivity index (χ3v) is 4.13. The predicted octanol–water partition coefficient (Wildman–Crippen LogP) is 1.68. The van der Waals surface area contributed by atoms with Crippen molar-refractivity contribution < 1.29 is 4.42 Å². The fourth-order valence-corrected chi connectivity index (χ4v) is 2.88. The molecule has 0 aliphatic carbocycles. The fourth-order valence-electron chi connectivity index (χ4n) is 2.41. The largest absolute Gasteiger partial charge is 0.466 e.